The SMILES string of the molecule is c1ccc(-c2ccc3c(c2)c2ccn4c5ccccc5c(-c5ccccc5)c4c2n3-c2cccc(-c3nc(-c4ccccc4)nc(-c4ccccc4)n3)c2)cc1. The van der Waals surface area contributed by atoms with E-state index >= 15 is 0 Å². The zero-order chi connectivity index (χ0) is 37.0. The molecule has 0 radical (unpaired) electrons. The summed E-state index contributed by atoms with van der Waals surface area (Å²) in [4.78, 5) is 15.1. The minimum atomic E-state index is 0.621. The summed E-state index contributed by atoms with van der Waals surface area (Å²) in [5, 5.41) is 3.60. The molecule has 0 amide bonds. The standard InChI is InChI=1S/C51H33N5/c1-5-16-34(17-6-1)38-28-29-45-43(33-38)41-30-31-55-44-27-14-13-26-42(44)46(35-18-7-2-8-19-35)48(55)47(41)56(45)40-25-15-24-39(32-40)51-53-49(36-20-9-3-10-21-36)52-50(54-51)37-22-11-4-12-23-37/h1-33H. The Morgan fingerprint density at radius 1 is 0.321 bits per heavy atom. The van der Waals surface area contributed by atoms with Crippen molar-refractivity contribution in [2.75, 3.05) is 0 Å². The first-order chi connectivity index (χ1) is 27.8. The molecule has 0 spiro atoms. The number of rotatable bonds is 6. The molecule has 5 heteroatoms. The summed E-state index contributed by atoms with van der Waals surface area (Å²) in [5.74, 6) is 1.90. The van der Waals surface area contributed by atoms with Crippen LogP contribution in [0.1, 0.15) is 0 Å². The predicted octanol–water partition coefficient (Wildman–Crippen LogP) is 12.7. The van der Waals surface area contributed by atoms with Gasteiger partial charge in [0.2, 0.25) is 0 Å². The van der Waals surface area contributed by atoms with E-state index in [4.69, 9.17) is 15.0 Å². The molecule has 7 aromatic carbocycles. The molecular weight excluding hydrogens is 683 g/mol. The second-order valence-electron chi connectivity index (χ2n) is 14.1. The van der Waals surface area contributed by atoms with E-state index in [0.717, 1.165) is 38.9 Å². The Morgan fingerprint density at radius 2 is 0.875 bits per heavy atom. The van der Waals surface area contributed by atoms with E-state index in [1.165, 1.54) is 43.9 Å². The quantitative estimate of drug-likeness (QED) is 0.172. The zero-order valence-corrected chi connectivity index (χ0v) is 30.3. The molecule has 0 saturated heterocycles. The molecule has 4 heterocycles. The van der Waals surface area contributed by atoms with Gasteiger partial charge in [0, 0.05) is 50.3 Å². The summed E-state index contributed by atoms with van der Waals surface area (Å²) >= 11 is 0. The minimum Gasteiger partial charge on any atom is -0.314 e. The van der Waals surface area contributed by atoms with Gasteiger partial charge in [-0.25, -0.2) is 15.0 Å². The van der Waals surface area contributed by atoms with Gasteiger partial charge in [0.05, 0.1) is 22.1 Å². The fraction of sp³-hybridized carbons (Fsp3) is 0. The van der Waals surface area contributed by atoms with Crippen molar-refractivity contribution in [2.45, 2.75) is 0 Å². The molecule has 0 fully saturated rings. The van der Waals surface area contributed by atoms with E-state index in [1.54, 1.807) is 0 Å². The van der Waals surface area contributed by atoms with Crippen LogP contribution in [0.2, 0.25) is 0 Å². The van der Waals surface area contributed by atoms with E-state index in [-0.39, 0.29) is 0 Å². The Kier molecular flexibility index (Phi) is 7.42. The van der Waals surface area contributed by atoms with Crippen molar-refractivity contribution in [3.8, 4) is 62.1 Å². The Morgan fingerprint density at radius 3 is 1.54 bits per heavy atom. The molecule has 5 nitrogen and oxygen atoms in total. The topological polar surface area (TPSA) is 48.0 Å². The maximum absolute atomic E-state index is 5.09. The van der Waals surface area contributed by atoms with E-state index < -0.39 is 0 Å². The number of para-hydroxylation sites is 1. The van der Waals surface area contributed by atoms with Crippen LogP contribution in [0.25, 0.3) is 100 Å². The second-order valence-corrected chi connectivity index (χ2v) is 14.1. The normalized spacial score (nSPS) is 11.6. The molecular formula is C51H33N5. The number of aromatic nitrogens is 5. The number of nitrogens with zero attached hydrogens (tertiary/aromatic N) is 5. The van der Waals surface area contributed by atoms with Gasteiger partial charge in [0.1, 0.15) is 0 Å². The third kappa shape index (κ3) is 5.21. The van der Waals surface area contributed by atoms with Crippen molar-refractivity contribution in [3.05, 3.63) is 200 Å². The summed E-state index contributed by atoms with van der Waals surface area (Å²) in [6.45, 7) is 0. The van der Waals surface area contributed by atoms with Crippen molar-refractivity contribution in [2.24, 2.45) is 0 Å². The largest absolute Gasteiger partial charge is 0.314 e. The molecule has 4 aromatic heterocycles. The van der Waals surface area contributed by atoms with Crippen LogP contribution in [0, 0.1) is 0 Å². The number of benzene rings is 7. The average molecular weight is 716 g/mol. The monoisotopic (exact) mass is 715 g/mol. The fourth-order valence-corrected chi connectivity index (χ4v) is 8.21. The molecule has 262 valence electrons. The molecule has 56 heavy (non-hydrogen) atoms. The first-order valence-corrected chi connectivity index (χ1v) is 18.9. The third-order valence-corrected chi connectivity index (χ3v) is 10.8. The lowest BCUT2D eigenvalue weighted by Crippen LogP contribution is -2.01. The zero-order valence-electron chi connectivity index (χ0n) is 30.3. The van der Waals surface area contributed by atoms with E-state index in [2.05, 4.69) is 149 Å². The van der Waals surface area contributed by atoms with Crippen LogP contribution in [0.15, 0.2) is 200 Å². The van der Waals surface area contributed by atoms with Gasteiger partial charge in [-0.05, 0) is 53.1 Å². The summed E-state index contributed by atoms with van der Waals surface area (Å²) in [6.07, 6.45) is 2.24. The van der Waals surface area contributed by atoms with Gasteiger partial charge in [-0.15, -0.1) is 0 Å². The van der Waals surface area contributed by atoms with E-state index in [0.29, 0.717) is 17.5 Å². The second kappa shape index (κ2) is 13.0. The Balaban J connectivity index is 1.22. The molecule has 11 aromatic rings. The van der Waals surface area contributed by atoms with Gasteiger partial charge in [-0.2, -0.15) is 0 Å². The van der Waals surface area contributed by atoms with Gasteiger partial charge in [0.25, 0.3) is 0 Å². The van der Waals surface area contributed by atoms with Crippen LogP contribution < -0.4 is 0 Å². The number of pyridine rings is 1. The van der Waals surface area contributed by atoms with Crippen LogP contribution in [-0.2, 0) is 0 Å². The van der Waals surface area contributed by atoms with Crippen LogP contribution in [-0.4, -0.2) is 23.9 Å². The van der Waals surface area contributed by atoms with Crippen LogP contribution >= 0.6 is 0 Å². The first-order valence-electron chi connectivity index (χ1n) is 18.9. The predicted molar refractivity (Wildman–Crippen MR) is 230 cm³/mol. The summed E-state index contributed by atoms with van der Waals surface area (Å²) in [7, 11) is 0. The van der Waals surface area contributed by atoms with Gasteiger partial charge < -0.3 is 8.97 Å². The molecule has 0 N–H and O–H groups in total. The molecule has 0 aliphatic rings. The highest BCUT2D eigenvalue weighted by Crippen LogP contribution is 2.44. The summed E-state index contributed by atoms with van der Waals surface area (Å²) < 4.78 is 4.79. The Bertz CT molecular complexity index is 3160. The molecule has 0 saturated carbocycles. The summed E-state index contributed by atoms with van der Waals surface area (Å²) in [5.41, 5.74) is 13.2. The highest BCUT2D eigenvalue weighted by Gasteiger charge is 2.23. The molecule has 0 aliphatic carbocycles. The lowest BCUT2D eigenvalue weighted by atomic mass is 10.0. The summed E-state index contributed by atoms with van der Waals surface area (Å²) in [6, 6.07) is 68.2. The van der Waals surface area contributed by atoms with Crippen molar-refractivity contribution in [1.29, 1.82) is 0 Å². The number of fused-ring (bicyclic) bond motifs is 7. The lowest BCUT2D eigenvalue weighted by Gasteiger charge is -2.13. The van der Waals surface area contributed by atoms with E-state index in [1.807, 2.05) is 60.7 Å². The van der Waals surface area contributed by atoms with Gasteiger partial charge >= 0.3 is 0 Å². The maximum Gasteiger partial charge on any atom is 0.164 e. The fourth-order valence-electron chi connectivity index (χ4n) is 8.21. The molecule has 0 aliphatic heterocycles. The molecule has 0 atom stereocenters. The molecule has 0 bridgehead atoms. The average Bonchev–Trinajstić information content (AvgIpc) is 3.80. The van der Waals surface area contributed by atoms with Crippen LogP contribution in [0.3, 0.4) is 0 Å². The molecule has 11 rings (SSSR count). The van der Waals surface area contributed by atoms with Crippen molar-refractivity contribution in [3.63, 3.8) is 0 Å². The molecule has 0 unspecified atom stereocenters. The van der Waals surface area contributed by atoms with Gasteiger partial charge in [-0.1, -0.05) is 158 Å². The lowest BCUT2D eigenvalue weighted by molar-refractivity contribution is 1.07. The first kappa shape index (κ1) is 31.9. The van der Waals surface area contributed by atoms with Gasteiger partial charge in [0.15, 0.2) is 17.5 Å². The minimum absolute atomic E-state index is 0.621. The van der Waals surface area contributed by atoms with Crippen molar-refractivity contribution < 1.29 is 0 Å². The van der Waals surface area contributed by atoms with Gasteiger partial charge in [-0.3, -0.25) is 0 Å². The van der Waals surface area contributed by atoms with Crippen LogP contribution in [0.5, 0.6) is 0 Å². The van der Waals surface area contributed by atoms with E-state index in [9.17, 15) is 0 Å². The van der Waals surface area contributed by atoms with Crippen molar-refractivity contribution in [1.82, 2.24) is 23.9 Å². The maximum atomic E-state index is 5.09. The smallest absolute Gasteiger partial charge is 0.164 e. The third-order valence-electron chi connectivity index (χ3n) is 10.8. The van der Waals surface area contributed by atoms with Crippen molar-refractivity contribution >= 4 is 38.2 Å². The highest BCUT2D eigenvalue weighted by atomic mass is 15.0. The Hall–Kier alpha value is -7.63. The Labute approximate surface area is 323 Å². The number of hydrogen-bond donors (Lipinski definition) is 0. The highest BCUT2D eigenvalue weighted by molar-refractivity contribution is 6.21. The number of hydrogen-bond acceptors (Lipinski definition) is 3. The van der Waals surface area contributed by atoms with Crippen LogP contribution in [0.4, 0.5) is 0 Å².